The van der Waals surface area contributed by atoms with Crippen molar-refractivity contribution in [3.8, 4) is 17.1 Å². The van der Waals surface area contributed by atoms with Crippen LogP contribution in [0.5, 0.6) is 5.88 Å². The maximum Gasteiger partial charge on any atom is 0.343 e. The van der Waals surface area contributed by atoms with Gasteiger partial charge in [-0.25, -0.2) is 9.78 Å². The average Bonchev–Trinajstić information content (AvgIpc) is 2.47. The molecule has 0 radical (unpaired) electrons. The molecular weight excluding hydrogens is 242 g/mol. The van der Waals surface area contributed by atoms with Crippen molar-refractivity contribution in [3.05, 3.63) is 47.5 Å². The summed E-state index contributed by atoms with van der Waals surface area (Å²) in [5.41, 5.74) is 3.01. The normalized spacial score (nSPS) is 10.1. The maximum absolute atomic E-state index is 11.7. The first-order valence-electron chi connectivity index (χ1n) is 5.86. The molecule has 0 aliphatic rings. The second-order valence-corrected chi connectivity index (χ2v) is 4.07. The van der Waals surface area contributed by atoms with Crippen molar-refractivity contribution in [1.29, 1.82) is 0 Å². The third-order valence-electron chi connectivity index (χ3n) is 2.82. The largest absolute Gasteiger partial charge is 0.480 e. The molecule has 0 unspecified atom stereocenters. The van der Waals surface area contributed by atoms with Gasteiger partial charge in [0.2, 0.25) is 5.88 Å². The van der Waals surface area contributed by atoms with Crippen molar-refractivity contribution in [2.45, 2.75) is 6.92 Å². The highest BCUT2D eigenvalue weighted by Crippen LogP contribution is 2.27. The average molecular weight is 257 g/mol. The van der Waals surface area contributed by atoms with Crippen LogP contribution in [0.1, 0.15) is 15.9 Å². The number of carbonyl (C=O) groups excluding carboxylic acids is 1. The molecule has 4 heteroatoms. The number of esters is 1. The summed E-state index contributed by atoms with van der Waals surface area (Å²) in [7, 11) is 2.82. The second kappa shape index (κ2) is 5.52. The Labute approximate surface area is 112 Å². The van der Waals surface area contributed by atoms with Crippen molar-refractivity contribution in [2.24, 2.45) is 0 Å². The predicted octanol–water partition coefficient (Wildman–Crippen LogP) is 2.85. The molecule has 0 aliphatic heterocycles. The summed E-state index contributed by atoms with van der Waals surface area (Å²) in [6, 6.07) is 11.5. The highest BCUT2D eigenvalue weighted by molar-refractivity contribution is 5.92. The predicted molar refractivity (Wildman–Crippen MR) is 72.3 cm³/mol. The highest BCUT2D eigenvalue weighted by Gasteiger charge is 2.17. The third kappa shape index (κ3) is 2.57. The van der Waals surface area contributed by atoms with Gasteiger partial charge in [0.1, 0.15) is 5.56 Å². The van der Waals surface area contributed by atoms with E-state index in [1.165, 1.54) is 14.2 Å². The van der Waals surface area contributed by atoms with Crippen LogP contribution >= 0.6 is 0 Å². The molecule has 19 heavy (non-hydrogen) atoms. The summed E-state index contributed by atoms with van der Waals surface area (Å²) in [5.74, 6) is -0.177. The zero-order chi connectivity index (χ0) is 13.8. The smallest absolute Gasteiger partial charge is 0.343 e. The lowest BCUT2D eigenvalue weighted by Crippen LogP contribution is -2.07. The Bertz CT molecular complexity index is 594. The van der Waals surface area contributed by atoms with E-state index in [9.17, 15) is 4.79 Å². The minimum absolute atomic E-state index is 0.274. The van der Waals surface area contributed by atoms with Gasteiger partial charge in [0, 0.05) is 5.56 Å². The van der Waals surface area contributed by atoms with E-state index in [4.69, 9.17) is 9.47 Å². The van der Waals surface area contributed by atoms with Crippen LogP contribution in [0.25, 0.3) is 11.3 Å². The molecule has 1 aromatic heterocycles. The molecule has 0 fully saturated rings. The zero-order valence-corrected chi connectivity index (χ0v) is 11.1. The molecular formula is C15H15NO3. The van der Waals surface area contributed by atoms with Crippen LogP contribution in [0, 0.1) is 6.92 Å². The summed E-state index contributed by atoms with van der Waals surface area (Å²) in [4.78, 5) is 16.1. The van der Waals surface area contributed by atoms with E-state index in [1.54, 1.807) is 6.07 Å². The van der Waals surface area contributed by atoms with Gasteiger partial charge in [-0.2, -0.15) is 0 Å². The van der Waals surface area contributed by atoms with Crippen LogP contribution in [-0.4, -0.2) is 25.2 Å². The van der Waals surface area contributed by atoms with E-state index in [0.717, 1.165) is 16.8 Å². The third-order valence-corrected chi connectivity index (χ3v) is 2.82. The molecule has 1 heterocycles. The molecule has 0 spiro atoms. The molecule has 2 aromatic rings. The van der Waals surface area contributed by atoms with Crippen LogP contribution < -0.4 is 4.74 Å². The van der Waals surface area contributed by atoms with Gasteiger partial charge in [-0.15, -0.1) is 0 Å². The number of carbonyl (C=O) groups is 1. The van der Waals surface area contributed by atoms with Crippen molar-refractivity contribution < 1.29 is 14.3 Å². The van der Waals surface area contributed by atoms with Crippen molar-refractivity contribution >= 4 is 5.97 Å². The van der Waals surface area contributed by atoms with Gasteiger partial charge in [0.25, 0.3) is 0 Å². The van der Waals surface area contributed by atoms with Gasteiger partial charge < -0.3 is 9.47 Å². The molecule has 0 N–H and O–H groups in total. The molecule has 2 rings (SSSR count). The molecule has 4 nitrogen and oxygen atoms in total. The van der Waals surface area contributed by atoms with E-state index in [0.29, 0.717) is 5.56 Å². The fraction of sp³-hybridized carbons (Fsp3) is 0.200. The maximum atomic E-state index is 11.7. The van der Waals surface area contributed by atoms with Crippen LogP contribution in [0.3, 0.4) is 0 Å². The van der Waals surface area contributed by atoms with E-state index in [-0.39, 0.29) is 5.88 Å². The Balaban J connectivity index is 2.57. The number of rotatable bonds is 3. The lowest BCUT2D eigenvalue weighted by molar-refractivity contribution is 0.0596. The first-order valence-corrected chi connectivity index (χ1v) is 5.86. The number of ether oxygens (including phenoxy) is 2. The van der Waals surface area contributed by atoms with Gasteiger partial charge in [0.05, 0.1) is 19.9 Å². The number of nitrogens with zero attached hydrogens (tertiary/aromatic N) is 1. The Morgan fingerprint density at radius 2 is 1.84 bits per heavy atom. The fourth-order valence-corrected chi connectivity index (χ4v) is 1.90. The number of aryl methyl sites for hydroxylation is 1. The van der Waals surface area contributed by atoms with Crippen molar-refractivity contribution in [3.63, 3.8) is 0 Å². The minimum atomic E-state index is -0.452. The lowest BCUT2D eigenvalue weighted by Gasteiger charge is -2.11. The summed E-state index contributed by atoms with van der Waals surface area (Å²) >= 11 is 0. The van der Waals surface area contributed by atoms with Gasteiger partial charge >= 0.3 is 5.97 Å². The second-order valence-electron chi connectivity index (χ2n) is 4.07. The van der Waals surface area contributed by atoms with Crippen LogP contribution in [0.15, 0.2) is 36.4 Å². The topological polar surface area (TPSA) is 48.4 Å². The Hall–Kier alpha value is -2.36. The number of hydrogen-bond donors (Lipinski definition) is 0. The molecule has 0 saturated heterocycles. The number of methoxy groups -OCH3 is 2. The standard InChI is InChI=1S/C15H15NO3/c1-10-9-12(15(17)19-3)14(18-2)16-13(10)11-7-5-4-6-8-11/h4-9H,1-3H3. The molecule has 0 amide bonds. The summed E-state index contributed by atoms with van der Waals surface area (Å²) < 4.78 is 9.89. The monoisotopic (exact) mass is 257 g/mol. The summed E-state index contributed by atoms with van der Waals surface area (Å²) in [6.07, 6.45) is 0. The highest BCUT2D eigenvalue weighted by atomic mass is 16.5. The summed E-state index contributed by atoms with van der Waals surface area (Å²) in [6.45, 7) is 1.90. The number of aromatic nitrogens is 1. The van der Waals surface area contributed by atoms with Crippen molar-refractivity contribution in [2.75, 3.05) is 14.2 Å². The van der Waals surface area contributed by atoms with Crippen molar-refractivity contribution in [1.82, 2.24) is 4.98 Å². The first-order chi connectivity index (χ1) is 9.17. The molecule has 0 atom stereocenters. The number of pyridine rings is 1. The molecule has 98 valence electrons. The van der Waals surface area contributed by atoms with Gasteiger partial charge in [-0.05, 0) is 18.6 Å². The van der Waals surface area contributed by atoms with Crippen LogP contribution in [0.2, 0.25) is 0 Å². The SMILES string of the molecule is COC(=O)c1cc(C)c(-c2ccccc2)nc1OC. The Kier molecular flexibility index (Phi) is 3.80. The van der Waals surface area contributed by atoms with Gasteiger partial charge in [0.15, 0.2) is 0 Å². The summed E-state index contributed by atoms with van der Waals surface area (Å²) in [5, 5.41) is 0. The van der Waals surface area contributed by atoms with E-state index >= 15 is 0 Å². The van der Waals surface area contributed by atoms with E-state index in [1.807, 2.05) is 37.3 Å². The fourth-order valence-electron chi connectivity index (χ4n) is 1.90. The van der Waals surface area contributed by atoms with Crippen LogP contribution in [0.4, 0.5) is 0 Å². The zero-order valence-electron chi connectivity index (χ0n) is 11.1. The number of hydrogen-bond acceptors (Lipinski definition) is 4. The molecule has 1 aromatic carbocycles. The van der Waals surface area contributed by atoms with Crippen LogP contribution in [-0.2, 0) is 4.74 Å². The lowest BCUT2D eigenvalue weighted by atomic mass is 10.0. The quantitative estimate of drug-likeness (QED) is 0.793. The molecule has 0 aliphatic carbocycles. The minimum Gasteiger partial charge on any atom is -0.480 e. The Morgan fingerprint density at radius 1 is 1.16 bits per heavy atom. The van der Waals surface area contributed by atoms with E-state index in [2.05, 4.69) is 4.98 Å². The number of benzene rings is 1. The molecule has 0 saturated carbocycles. The van der Waals surface area contributed by atoms with Gasteiger partial charge in [-0.3, -0.25) is 0 Å². The molecule has 0 bridgehead atoms. The first kappa shape index (κ1) is 13.1. The Morgan fingerprint density at radius 3 is 2.42 bits per heavy atom. The van der Waals surface area contributed by atoms with E-state index < -0.39 is 5.97 Å². The van der Waals surface area contributed by atoms with Gasteiger partial charge in [-0.1, -0.05) is 30.3 Å².